The largest absolute Gasteiger partial charge is 0.494 e. The number of unbranched alkanes of at least 4 members (excludes halogenated alkanes) is 1. The Hall–Kier alpha value is -4.39. The molecule has 196 valence electrons. The summed E-state index contributed by atoms with van der Waals surface area (Å²) >= 11 is 0. The van der Waals surface area contributed by atoms with Crippen molar-refractivity contribution < 1.29 is 14.3 Å². The van der Waals surface area contributed by atoms with E-state index in [0.717, 1.165) is 53.9 Å². The van der Waals surface area contributed by atoms with E-state index >= 15 is 0 Å². The molecule has 7 heteroatoms. The molecule has 0 atom stereocenters. The van der Waals surface area contributed by atoms with E-state index < -0.39 is 0 Å². The third kappa shape index (κ3) is 7.56. The van der Waals surface area contributed by atoms with Gasteiger partial charge < -0.3 is 9.47 Å². The fraction of sp³-hybridized carbons (Fsp3) is 0.258. The fourth-order valence-corrected chi connectivity index (χ4v) is 3.84. The molecule has 0 spiro atoms. The number of aromatic nitrogens is 2. The van der Waals surface area contributed by atoms with Crippen molar-refractivity contribution in [3.63, 3.8) is 0 Å². The van der Waals surface area contributed by atoms with Crippen LogP contribution in [0.25, 0.3) is 16.9 Å². The molecule has 1 N–H and O–H groups in total. The number of nitrogens with one attached hydrogen (secondary N) is 1. The molecule has 4 rings (SSSR count). The Labute approximate surface area is 224 Å². The zero-order valence-electron chi connectivity index (χ0n) is 22.0. The minimum absolute atomic E-state index is 0.124. The van der Waals surface area contributed by atoms with Crippen LogP contribution in [0, 0.1) is 0 Å². The van der Waals surface area contributed by atoms with Gasteiger partial charge in [-0.25, -0.2) is 10.1 Å². The molecular weight excluding hydrogens is 476 g/mol. The van der Waals surface area contributed by atoms with E-state index in [1.807, 2.05) is 85.1 Å². The number of benzene rings is 3. The number of rotatable bonds is 13. The molecule has 1 amide bonds. The molecule has 0 unspecified atom stereocenters. The van der Waals surface area contributed by atoms with Crippen LogP contribution in [0.3, 0.4) is 0 Å². The summed E-state index contributed by atoms with van der Waals surface area (Å²) in [6.45, 7) is 4.80. The van der Waals surface area contributed by atoms with Gasteiger partial charge in [-0.2, -0.15) is 10.2 Å². The van der Waals surface area contributed by atoms with Crippen LogP contribution in [0.4, 0.5) is 0 Å². The molecular formula is C31H34N4O3. The third-order valence-electron chi connectivity index (χ3n) is 5.87. The summed E-state index contributed by atoms with van der Waals surface area (Å²) in [6.07, 6.45) is 7.80. The summed E-state index contributed by atoms with van der Waals surface area (Å²) in [4.78, 5) is 12.3. The summed E-state index contributed by atoms with van der Waals surface area (Å²) in [6, 6.07) is 25.5. The number of ether oxygens (including phenoxy) is 2. The minimum atomic E-state index is -0.342. The highest BCUT2D eigenvalue weighted by Crippen LogP contribution is 2.25. The van der Waals surface area contributed by atoms with E-state index in [-0.39, 0.29) is 12.5 Å². The van der Waals surface area contributed by atoms with Crippen molar-refractivity contribution in [2.45, 2.75) is 39.5 Å². The average molecular weight is 511 g/mol. The van der Waals surface area contributed by atoms with Crippen molar-refractivity contribution in [2.75, 3.05) is 13.2 Å². The van der Waals surface area contributed by atoms with Crippen molar-refractivity contribution in [1.29, 1.82) is 0 Å². The van der Waals surface area contributed by atoms with Crippen LogP contribution in [0.2, 0.25) is 0 Å². The lowest BCUT2D eigenvalue weighted by molar-refractivity contribution is -0.123. The van der Waals surface area contributed by atoms with E-state index in [1.165, 1.54) is 5.56 Å². The van der Waals surface area contributed by atoms with Crippen LogP contribution in [-0.4, -0.2) is 35.1 Å². The molecule has 0 aliphatic heterocycles. The summed E-state index contributed by atoms with van der Waals surface area (Å²) in [5, 5.41) is 8.96. The zero-order valence-corrected chi connectivity index (χ0v) is 22.0. The fourth-order valence-electron chi connectivity index (χ4n) is 3.84. The van der Waals surface area contributed by atoms with E-state index in [4.69, 9.17) is 14.6 Å². The van der Waals surface area contributed by atoms with Gasteiger partial charge in [-0.15, -0.1) is 0 Å². The number of hydrogen-bond donors (Lipinski definition) is 1. The Balaban J connectivity index is 1.42. The molecule has 0 saturated heterocycles. The van der Waals surface area contributed by atoms with E-state index in [0.29, 0.717) is 12.4 Å². The molecule has 1 aromatic heterocycles. The lowest BCUT2D eigenvalue weighted by atomic mass is 10.1. The van der Waals surface area contributed by atoms with Crippen molar-refractivity contribution in [2.24, 2.45) is 5.10 Å². The Bertz CT molecular complexity index is 1310. The predicted molar refractivity (Wildman–Crippen MR) is 151 cm³/mol. The van der Waals surface area contributed by atoms with Crippen molar-refractivity contribution in [3.05, 3.63) is 96.2 Å². The first kappa shape index (κ1) is 26.7. The molecule has 38 heavy (non-hydrogen) atoms. The molecule has 0 aliphatic rings. The molecule has 7 nitrogen and oxygen atoms in total. The summed E-state index contributed by atoms with van der Waals surface area (Å²) in [5.74, 6) is 1.13. The molecule has 0 saturated carbocycles. The Morgan fingerprint density at radius 1 is 0.921 bits per heavy atom. The molecule has 3 aromatic carbocycles. The highest BCUT2D eigenvalue weighted by Gasteiger charge is 2.12. The van der Waals surface area contributed by atoms with Crippen LogP contribution in [0.1, 0.15) is 44.2 Å². The van der Waals surface area contributed by atoms with Gasteiger partial charge in [-0.1, -0.05) is 50.6 Å². The maximum Gasteiger partial charge on any atom is 0.277 e. The lowest BCUT2D eigenvalue weighted by Crippen LogP contribution is -2.24. The average Bonchev–Trinajstić information content (AvgIpc) is 3.39. The summed E-state index contributed by atoms with van der Waals surface area (Å²) in [7, 11) is 0. The van der Waals surface area contributed by atoms with Gasteiger partial charge in [0.15, 0.2) is 6.61 Å². The van der Waals surface area contributed by atoms with Gasteiger partial charge in [0.2, 0.25) is 0 Å². The van der Waals surface area contributed by atoms with Gasteiger partial charge in [0.1, 0.15) is 17.2 Å². The normalized spacial score (nSPS) is 11.0. The number of carbonyl (C=O) groups excluding carboxylic acids is 1. The second-order valence-electron chi connectivity index (χ2n) is 8.92. The molecule has 1 heterocycles. The van der Waals surface area contributed by atoms with Crippen LogP contribution in [0.15, 0.2) is 90.2 Å². The number of hydrogen-bond acceptors (Lipinski definition) is 5. The Morgan fingerprint density at radius 2 is 1.63 bits per heavy atom. The molecule has 0 radical (unpaired) electrons. The van der Waals surface area contributed by atoms with Crippen LogP contribution in [-0.2, 0) is 11.2 Å². The molecule has 4 aromatic rings. The molecule has 0 aliphatic carbocycles. The Kier molecular flexibility index (Phi) is 9.68. The maximum absolute atomic E-state index is 12.3. The van der Waals surface area contributed by atoms with Crippen LogP contribution < -0.4 is 14.9 Å². The zero-order chi connectivity index (χ0) is 26.6. The predicted octanol–water partition coefficient (Wildman–Crippen LogP) is 6.20. The quantitative estimate of drug-likeness (QED) is 0.172. The van der Waals surface area contributed by atoms with E-state index in [2.05, 4.69) is 24.4 Å². The second kappa shape index (κ2) is 13.8. The van der Waals surface area contributed by atoms with Crippen molar-refractivity contribution in [1.82, 2.24) is 15.2 Å². The summed E-state index contributed by atoms with van der Waals surface area (Å²) < 4.78 is 13.1. The smallest absolute Gasteiger partial charge is 0.277 e. The van der Waals surface area contributed by atoms with Crippen LogP contribution >= 0.6 is 0 Å². The first-order valence-corrected chi connectivity index (χ1v) is 13.1. The number of carbonyl (C=O) groups is 1. The van der Waals surface area contributed by atoms with E-state index in [9.17, 15) is 4.79 Å². The first-order valence-electron chi connectivity index (χ1n) is 13.1. The van der Waals surface area contributed by atoms with Gasteiger partial charge >= 0.3 is 0 Å². The van der Waals surface area contributed by atoms with Crippen molar-refractivity contribution >= 4 is 12.1 Å². The molecule has 0 bridgehead atoms. The second-order valence-corrected chi connectivity index (χ2v) is 8.92. The minimum Gasteiger partial charge on any atom is -0.494 e. The number of aryl methyl sites for hydroxylation is 1. The number of amides is 1. The van der Waals surface area contributed by atoms with Gasteiger partial charge in [-0.3, -0.25) is 4.79 Å². The monoisotopic (exact) mass is 510 g/mol. The first-order chi connectivity index (χ1) is 18.7. The number of nitrogens with zero attached hydrogens (tertiary/aromatic N) is 3. The topological polar surface area (TPSA) is 77.7 Å². The van der Waals surface area contributed by atoms with E-state index in [1.54, 1.807) is 10.9 Å². The standard InChI is InChI=1S/C31H34N4O3/c1-3-5-9-24-12-16-29(17-13-24)38-23-30(36)33-32-21-26-22-35(27-10-7-6-8-11-27)34-31(26)25-14-18-28(19-15-25)37-20-4-2/h6-8,10-19,21-22H,3-5,9,20,23H2,1-2H3,(H,33,36)/b32-21-. The van der Waals surface area contributed by atoms with Gasteiger partial charge in [0.05, 0.1) is 18.5 Å². The van der Waals surface area contributed by atoms with Crippen molar-refractivity contribution in [3.8, 4) is 28.4 Å². The van der Waals surface area contributed by atoms with Gasteiger partial charge in [0, 0.05) is 17.3 Å². The highest BCUT2D eigenvalue weighted by molar-refractivity contribution is 5.89. The van der Waals surface area contributed by atoms with Crippen LogP contribution in [0.5, 0.6) is 11.5 Å². The number of hydrazone groups is 1. The maximum atomic E-state index is 12.3. The third-order valence-corrected chi connectivity index (χ3v) is 5.87. The molecule has 0 fully saturated rings. The highest BCUT2D eigenvalue weighted by atomic mass is 16.5. The SMILES string of the molecule is CCCCc1ccc(OCC(=O)N/N=C\c2cn(-c3ccccc3)nc2-c2ccc(OCCC)cc2)cc1. The number of para-hydroxylation sites is 1. The Morgan fingerprint density at radius 3 is 2.34 bits per heavy atom. The summed E-state index contributed by atoms with van der Waals surface area (Å²) in [5.41, 5.74) is 7.17. The van der Waals surface area contributed by atoms with Gasteiger partial charge in [0.25, 0.3) is 5.91 Å². The lowest BCUT2D eigenvalue weighted by Gasteiger charge is -2.06. The van der Waals surface area contributed by atoms with Gasteiger partial charge in [-0.05, 0) is 73.4 Å².